The predicted octanol–water partition coefficient (Wildman–Crippen LogP) is 8.55. The molecule has 4 rings (SSSR count). The Balaban J connectivity index is 1.51. The number of piperidine rings is 1. The van der Waals surface area contributed by atoms with Gasteiger partial charge in [0.25, 0.3) is 0 Å². The number of benzene rings is 1. The van der Waals surface area contributed by atoms with Crippen molar-refractivity contribution in [1.82, 2.24) is 4.90 Å². The third kappa shape index (κ3) is 6.54. The summed E-state index contributed by atoms with van der Waals surface area (Å²) in [5.41, 5.74) is 8.59. The number of aliphatic hydroxyl groups is 1. The van der Waals surface area contributed by atoms with Crippen molar-refractivity contribution in [3.8, 4) is 0 Å². The maximum Gasteiger partial charge on any atom is 0.123 e. The van der Waals surface area contributed by atoms with Gasteiger partial charge in [-0.1, -0.05) is 91.6 Å². The zero-order chi connectivity index (χ0) is 24.5. The number of allylic oxidation sites excluding steroid dienone is 15. The van der Waals surface area contributed by atoms with E-state index in [2.05, 4.69) is 41.9 Å². The van der Waals surface area contributed by atoms with E-state index in [1.807, 2.05) is 67.6 Å². The van der Waals surface area contributed by atoms with Gasteiger partial charge in [-0.2, -0.15) is 0 Å². The van der Waals surface area contributed by atoms with E-state index in [-0.39, 0.29) is 5.76 Å². The van der Waals surface area contributed by atoms with Crippen molar-refractivity contribution in [1.29, 1.82) is 0 Å². The maximum absolute atomic E-state index is 10.7. The predicted molar refractivity (Wildman–Crippen MR) is 150 cm³/mol. The van der Waals surface area contributed by atoms with E-state index in [4.69, 9.17) is 0 Å². The first-order chi connectivity index (χ1) is 17.2. The van der Waals surface area contributed by atoms with Crippen LogP contribution in [0.3, 0.4) is 0 Å². The van der Waals surface area contributed by atoms with Crippen LogP contribution in [0.5, 0.6) is 0 Å². The van der Waals surface area contributed by atoms with Crippen molar-refractivity contribution in [2.45, 2.75) is 45.4 Å². The van der Waals surface area contributed by atoms with Crippen LogP contribution in [0.4, 0.5) is 0 Å². The van der Waals surface area contributed by atoms with Crippen molar-refractivity contribution < 1.29 is 5.11 Å². The Morgan fingerprint density at radius 3 is 2.69 bits per heavy atom. The quantitative estimate of drug-likeness (QED) is 0.308. The molecule has 0 amide bonds. The van der Waals surface area contributed by atoms with Crippen LogP contribution in [-0.2, 0) is 0 Å². The summed E-state index contributed by atoms with van der Waals surface area (Å²) in [5, 5.41) is 10.7. The molecule has 2 aliphatic heterocycles. The van der Waals surface area contributed by atoms with E-state index < -0.39 is 0 Å². The Morgan fingerprint density at radius 2 is 1.89 bits per heavy atom. The fourth-order valence-electron chi connectivity index (χ4n) is 5.03. The first kappa shape index (κ1) is 24.6. The Kier molecular flexibility index (Phi) is 8.62. The molecule has 180 valence electrons. The largest absolute Gasteiger partial charge is 0.507 e. The molecule has 2 heteroatoms. The van der Waals surface area contributed by atoms with Crippen LogP contribution < -0.4 is 0 Å². The lowest BCUT2D eigenvalue weighted by Gasteiger charge is -2.38. The van der Waals surface area contributed by atoms with E-state index in [0.717, 1.165) is 29.6 Å². The van der Waals surface area contributed by atoms with Gasteiger partial charge in [0.2, 0.25) is 0 Å². The van der Waals surface area contributed by atoms with Crippen LogP contribution in [0, 0.1) is 0 Å². The Morgan fingerprint density at radius 1 is 1.09 bits per heavy atom. The zero-order valence-electron chi connectivity index (χ0n) is 20.9. The molecule has 2 heterocycles. The molecule has 0 atom stereocenters. The molecule has 1 aromatic carbocycles. The van der Waals surface area contributed by atoms with Crippen LogP contribution in [0.1, 0.15) is 51.0 Å². The van der Waals surface area contributed by atoms with E-state index in [1.165, 1.54) is 49.9 Å². The van der Waals surface area contributed by atoms with E-state index in [9.17, 15) is 5.11 Å². The van der Waals surface area contributed by atoms with Crippen LogP contribution in [0.15, 0.2) is 131 Å². The number of hydrogen-bond donors (Lipinski definition) is 1. The summed E-state index contributed by atoms with van der Waals surface area (Å²) in [5.74, 6) is 0.246. The van der Waals surface area contributed by atoms with Gasteiger partial charge < -0.3 is 10.0 Å². The standard InChI is InChI=1S/C33H37NO/c1-3-4-6-13-26(2)30(25-32(35)28-15-7-5-8-16-28)17-10-9-14-27-20-21-29-18-11-22-34-23-12-19-31(24-27)33(29)34/h3-9,13-17,20,24-25,35H,2,10-12,18-19,21-23H2,1H3/b4-3-,13-6-,14-9+,30-17+,32-25-. The van der Waals surface area contributed by atoms with Crippen molar-refractivity contribution in [2.24, 2.45) is 0 Å². The highest BCUT2D eigenvalue weighted by Gasteiger charge is 2.26. The van der Waals surface area contributed by atoms with Gasteiger partial charge in [0, 0.05) is 24.4 Å². The molecule has 0 radical (unpaired) electrons. The fourth-order valence-corrected chi connectivity index (χ4v) is 5.03. The monoisotopic (exact) mass is 463 g/mol. The molecule has 1 N–H and O–H groups in total. The summed E-state index contributed by atoms with van der Waals surface area (Å²) in [7, 11) is 0. The van der Waals surface area contributed by atoms with Crippen molar-refractivity contribution in [3.63, 3.8) is 0 Å². The minimum atomic E-state index is 0.246. The molecule has 0 aromatic heterocycles. The van der Waals surface area contributed by atoms with E-state index in [1.54, 1.807) is 11.3 Å². The van der Waals surface area contributed by atoms with E-state index in [0.29, 0.717) is 0 Å². The first-order valence-corrected chi connectivity index (χ1v) is 12.8. The van der Waals surface area contributed by atoms with Crippen molar-refractivity contribution in [2.75, 3.05) is 13.1 Å². The lowest BCUT2D eigenvalue weighted by atomic mass is 9.90. The number of hydrogen-bond acceptors (Lipinski definition) is 2. The van der Waals surface area contributed by atoms with Crippen LogP contribution >= 0.6 is 0 Å². The lowest BCUT2D eigenvalue weighted by Crippen LogP contribution is -2.33. The molecule has 0 bridgehead atoms. The second-order valence-corrected chi connectivity index (χ2v) is 9.33. The second kappa shape index (κ2) is 12.3. The SMILES string of the molecule is C=C(/C=C\C=C/C)C(/C=C(\O)c1ccccc1)=C/C/C=C/C1=CCC2=C3C(=C1)CCCN3CCC2. The zero-order valence-corrected chi connectivity index (χ0v) is 20.9. The number of aliphatic hydroxyl groups excluding tert-OH is 1. The highest BCUT2D eigenvalue weighted by Crippen LogP contribution is 2.38. The van der Waals surface area contributed by atoms with Crippen LogP contribution in [0.25, 0.3) is 5.76 Å². The molecule has 3 aliphatic rings. The maximum atomic E-state index is 10.7. The number of nitrogens with zero attached hydrogens (tertiary/aromatic N) is 1. The third-order valence-electron chi connectivity index (χ3n) is 6.78. The summed E-state index contributed by atoms with van der Waals surface area (Å²) < 4.78 is 0. The molecule has 0 unspecified atom stereocenters. The molecule has 1 aliphatic carbocycles. The molecule has 1 saturated heterocycles. The van der Waals surface area contributed by atoms with Crippen molar-refractivity contribution >= 4 is 5.76 Å². The van der Waals surface area contributed by atoms with Gasteiger partial charge in [-0.3, -0.25) is 0 Å². The molecule has 35 heavy (non-hydrogen) atoms. The van der Waals surface area contributed by atoms with E-state index >= 15 is 0 Å². The Bertz CT molecular complexity index is 1160. The van der Waals surface area contributed by atoms with Gasteiger partial charge in [0.1, 0.15) is 5.76 Å². The van der Waals surface area contributed by atoms with Gasteiger partial charge >= 0.3 is 0 Å². The van der Waals surface area contributed by atoms with Crippen LogP contribution in [-0.4, -0.2) is 23.1 Å². The highest BCUT2D eigenvalue weighted by atomic mass is 16.3. The smallest absolute Gasteiger partial charge is 0.123 e. The van der Waals surface area contributed by atoms with Gasteiger partial charge in [0.05, 0.1) is 0 Å². The topological polar surface area (TPSA) is 23.5 Å². The summed E-state index contributed by atoms with van der Waals surface area (Å²) in [4.78, 5) is 2.61. The molecule has 2 nitrogen and oxygen atoms in total. The minimum Gasteiger partial charge on any atom is -0.507 e. The lowest BCUT2D eigenvalue weighted by molar-refractivity contribution is 0.294. The molecule has 0 spiro atoms. The third-order valence-corrected chi connectivity index (χ3v) is 6.78. The highest BCUT2D eigenvalue weighted by molar-refractivity contribution is 5.64. The number of rotatable bonds is 8. The summed E-state index contributed by atoms with van der Waals surface area (Å²) in [6, 6.07) is 9.63. The molecular weight excluding hydrogens is 426 g/mol. The molecule has 1 fully saturated rings. The molecule has 0 saturated carbocycles. The van der Waals surface area contributed by atoms with Gasteiger partial charge in [-0.25, -0.2) is 0 Å². The van der Waals surface area contributed by atoms with Gasteiger partial charge in [0.15, 0.2) is 0 Å². The molecular formula is C33H37NO. The van der Waals surface area contributed by atoms with Crippen LogP contribution in [0.2, 0.25) is 0 Å². The minimum absolute atomic E-state index is 0.246. The summed E-state index contributed by atoms with van der Waals surface area (Å²) >= 11 is 0. The Hall–Kier alpha value is -3.52. The normalized spacial score (nSPS) is 19.3. The average molecular weight is 464 g/mol. The summed E-state index contributed by atoms with van der Waals surface area (Å²) in [6.45, 7) is 8.65. The second-order valence-electron chi connectivity index (χ2n) is 9.33. The summed E-state index contributed by atoms with van der Waals surface area (Å²) in [6.07, 6.45) is 27.9. The Labute approximate surface area is 211 Å². The van der Waals surface area contributed by atoms with Crippen molar-refractivity contribution in [3.05, 3.63) is 137 Å². The first-order valence-electron chi connectivity index (χ1n) is 12.8. The van der Waals surface area contributed by atoms with Gasteiger partial charge in [-0.15, -0.1) is 0 Å². The average Bonchev–Trinajstić information content (AvgIpc) is 3.07. The molecule has 1 aromatic rings. The van der Waals surface area contributed by atoms with Gasteiger partial charge in [-0.05, 0) is 79.4 Å². The fraction of sp³-hybridized carbons (Fsp3) is 0.273.